The van der Waals surface area contributed by atoms with Crippen LogP contribution in [0.15, 0.2) is 449 Å². The fourth-order valence-corrected chi connectivity index (χ4v) is 15.0. The van der Waals surface area contributed by atoms with Crippen LogP contribution in [0, 0.1) is 0 Å². The van der Waals surface area contributed by atoms with Gasteiger partial charge in [-0.05, 0) is 91.0 Å². The van der Waals surface area contributed by atoms with E-state index in [1.165, 1.54) is 22.3 Å². The highest BCUT2D eigenvalue weighted by Gasteiger charge is 2.21. The molecule has 0 aliphatic carbocycles. The average molecular weight is 1540 g/mol. The second kappa shape index (κ2) is 34.4. The Bertz CT molecular complexity index is 6390. The minimum Gasteiger partial charge on any atom is -0.228 e. The van der Waals surface area contributed by atoms with Gasteiger partial charge < -0.3 is 0 Å². The van der Waals surface area contributed by atoms with Crippen LogP contribution in [0.3, 0.4) is 0 Å². The number of hydrogen-bond donors (Lipinski definition) is 0. The van der Waals surface area contributed by atoms with Gasteiger partial charge in [0, 0.05) is 66.8 Å². The highest BCUT2D eigenvalue weighted by atomic mass is 15.0. The summed E-state index contributed by atoms with van der Waals surface area (Å²) in [5.41, 5.74) is 28.5. The predicted molar refractivity (Wildman–Crippen MR) is 489 cm³/mol. The van der Waals surface area contributed by atoms with Gasteiger partial charge in [0.25, 0.3) is 0 Å². The van der Waals surface area contributed by atoms with Gasteiger partial charge in [-0.25, -0.2) is 49.8 Å². The van der Waals surface area contributed by atoms with Gasteiger partial charge >= 0.3 is 0 Å². The Balaban J connectivity index is 0.000000159. The first-order chi connectivity index (χ1) is 59.4. The summed E-state index contributed by atoms with van der Waals surface area (Å²) < 4.78 is 0. The van der Waals surface area contributed by atoms with Gasteiger partial charge in [-0.1, -0.05) is 425 Å². The molecular formula is C110H74N10. The Labute approximate surface area is 697 Å². The van der Waals surface area contributed by atoms with Gasteiger partial charge in [-0.3, -0.25) is 0 Å². The first-order valence-electron chi connectivity index (χ1n) is 40.0. The van der Waals surface area contributed by atoms with Crippen LogP contribution in [0.5, 0.6) is 0 Å². The molecule has 16 aromatic carbocycles. The van der Waals surface area contributed by atoms with Crippen molar-refractivity contribution in [3.8, 4) is 203 Å². The third kappa shape index (κ3) is 16.5. The van der Waals surface area contributed by atoms with Gasteiger partial charge in [0.05, 0.1) is 22.8 Å². The van der Waals surface area contributed by atoms with E-state index < -0.39 is 0 Å². The Hall–Kier alpha value is -16.3. The Kier molecular flexibility index (Phi) is 21.2. The maximum atomic E-state index is 5.27. The van der Waals surface area contributed by atoms with Gasteiger partial charge in [0.1, 0.15) is 0 Å². The molecule has 0 N–H and O–H groups in total. The van der Waals surface area contributed by atoms with Crippen LogP contribution in [0.2, 0.25) is 0 Å². The highest BCUT2D eigenvalue weighted by Crippen LogP contribution is 2.40. The zero-order valence-corrected chi connectivity index (χ0v) is 65.2. The Morgan fingerprint density at radius 3 is 0.625 bits per heavy atom. The van der Waals surface area contributed by atoms with Crippen LogP contribution < -0.4 is 0 Å². The van der Waals surface area contributed by atoms with Crippen LogP contribution in [0.25, 0.3) is 203 Å². The van der Waals surface area contributed by atoms with Crippen LogP contribution in [0.4, 0.5) is 0 Å². The first kappa shape index (κ1) is 73.8. The molecule has 0 atom stereocenters. The highest BCUT2D eigenvalue weighted by molar-refractivity contribution is 5.88. The minimum atomic E-state index is 0.623. The normalized spacial score (nSPS) is 11.0. The maximum absolute atomic E-state index is 5.27. The van der Waals surface area contributed by atoms with Crippen LogP contribution in [0.1, 0.15) is 0 Å². The van der Waals surface area contributed by atoms with Crippen molar-refractivity contribution in [2.75, 3.05) is 0 Å². The molecule has 564 valence electrons. The second-order valence-electron chi connectivity index (χ2n) is 29.0. The molecule has 0 radical (unpaired) electrons. The molecular weight excluding hydrogens is 1460 g/mol. The summed E-state index contributed by atoms with van der Waals surface area (Å²) in [7, 11) is 0. The summed E-state index contributed by atoms with van der Waals surface area (Å²) in [6.07, 6.45) is 0. The molecule has 0 saturated heterocycles. The van der Waals surface area contributed by atoms with Crippen molar-refractivity contribution in [3.63, 3.8) is 0 Å². The van der Waals surface area contributed by atoms with Gasteiger partial charge in [0.15, 0.2) is 46.6 Å². The van der Waals surface area contributed by atoms with Crippen LogP contribution >= 0.6 is 0 Å². The van der Waals surface area contributed by atoms with E-state index in [2.05, 4.69) is 279 Å². The lowest BCUT2D eigenvalue weighted by molar-refractivity contribution is 1.07. The van der Waals surface area contributed by atoms with Crippen LogP contribution in [-0.4, -0.2) is 49.8 Å². The average Bonchev–Trinajstić information content (AvgIpc) is 0.778. The lowest BCUT2D eigenvalue weighted by Crippen LogP contribution is -2.00. The monoisotopic (exact) mass is 1530 g/mol. The topological polar surface area (TPSA) is 129 Å². The molecule has 0 aliphatic heterocycles. The number of hydrogen-bond acceptors (Lipinski definition) is 10. The molecule has 0 unspecified atom stereocenters. The van der Waals surface area contributed by atoms with Crippen molar-refractivity contribution < 1.29 is 0 Å². The van der Waals surface area contributed by atoms with Gasteiger partial charge in [-0.2, -0.15) is 0 Å². The van der Waals surface area contributed by atoms with Crippen molar-refractivity contribution in [1.82, 2.24) is 49.8 Å². The van der Waals surface area contributed by atoms with E-state index in [1.807, 2.05) is 170 Å². The summed E-state index contributed by atoms with van der Waals surface area (Å²) in [6, 6.07) is 154. The summed E-state index contributed by atoms with van der Waals surface area (Å²) in [6.45, 7) is 0. The van der Waals surface area contributed by atoms with Crippen molar-refractivity contribution >= 4 is 0 Å². The number of benzene rings is 16. The molecule has 0 spiro atoms. The molecule has 4 aromatic heterocycles. The largest absolute Gasteiger partial charge is 0.228 e. The van der Waals surface area contributed by atoms with E-state index in [9.17, 15) is 0 Å². The standard InChI is InChI=1S/2C55H37N5/c1-5-16-38(17-6-1)39-28-32-41(33-29-39)48-26-13-14-27-49(48)51-37-50(56-52(57-51)42-18-7-2-8-19-42)47-25-15-24-46(36-47)40-30-34-45(35-31-40)55-59-53(43-20-9-3-10-21-43)58-54(60-55)44-22-11-4-12-23-44;1-5-16-38(17-6-1)39-28-32-41(33-29-39)48-26-13-14-27-49(48)55-56-50(42-18-7-2-8-19-42)37-51(57-55)47-25-15-24-46(36-47)40-30-34-45(35-31-40)54-59-52(43-20-9-3-10-21-43)58-53(60-54)44-22-11-4-12-23-44/h2*1-37H. The van der Waals surface area contributed by atoms with E-state index in [-0.39, 0.29) is 0 Å². The van der Waals surface area contributed by atoms with E-state index in [0.717, 1.165) is 134 Å². The molecule has 20 rings (SSSR count). The molecule has 10 nitrogen and oxygen atoms in total. The van der Waals surface area contributed by atoms with Gasteiger partial charge in [0.2, 0.25) is 0 Å². The summed E-state index contributed by atoms with van der Waals surface area (Å²) in [4.78, 5) is 50.2. The third-order valence-corrected chi connectivity index (χ3v) is 21.2. The molecule has 0 bridgehead atoms. The molecule has 120 heavy (non-hydrogen) atoms. The van der Waals surface area contributed by atoms with Crippen LogP contribution in [-0.2, 0) is 0 Å². The smallest absolute Gasteiger partial charge is 0.164 e. The molecule has 0 fully saturated rings. The predicted octanol–water partition coefficient (Wildman–Crippen LogP) is 27.3. The zero-order valence-electron chi connectivity index (χ0n) is 65.2. The molecule has 0 aliphatic rings. The zero-order chi connectivity index (χ0) is 80.2. The lowest BCUT2D eigenvalue weighted by Gasteiger charge is -2.14. The first-order valence-corrected chi connectivity index (χ1v) is 40.0. The van der Waals surface area contributed by atoms with E-state index >= 15 is 0 Å². The fourth-order valence-electron chi connectivity index (χ4n) is 15.0. The maximum Gasteiger partial charge on any atom is 0.164 e. The number of aromatic nitrogens is 10. The lowest BCUT2D eigenvalue weighted by atomic mass is 9.94. The molecule has 0 amide bonds. The van der Waals surface area contributed by atoms with E-state index in [4.69, 9.17) is 49.8 Å². The van der Waals surface area contributed by atoms with E-state index in [1.54, 1.807) is 0 Å². The molecule has 0 saturated carbocycles. The number of rotatable bonds is 18. The third-order valence-electron chi connectivity index (χ3n) is 21.2. The molecule has 10 heteroatoms. The second-order valence-corrected chi connectivity index (χ2v) is 29.0. The van der Waals surface area contributed by atoms with Gasteiger partial charge in [-0.15, -0.1) is 0 Å². The SMILES string of the molecule is c1ccc(-c2ccc(-c3ccccc3-c3cc(-c4cccc(-c5ccc(-c6nc(-c7ccccc7)nc(-c7ccccc7)n6)cc5)c4)nc(-c4ccccc4)n3)cc2)cc1.c1ccc(-c2ccc(-c3ccccc3-c3nc(-c4ccccc4)cc(-c4cccc(-c5ccc(-c6nc(-c7ccccc7)nc(-c7ccccc7)n6)cc5)c4)n3)cc2)cc1. The summed E-state index contributed by atoms with van der Waals surface area (Å²) in [5, 5.41) is 0. The summed E-state index contributed by atoms with van der Waals surface area (Å²) >= 11 is 0. The Morgan fingerprint density at radius 2 is 0.283 bits per heavy atom. The van der Waals surface area contributed by atoms with Crippen molar-refractivity contribution in [2.45, 2.75) is 0 Å². The summed E-state index contributed by atoms with van der Waals surface area (Å²) in [5.74, 6) is 5.14. The number of nitrogens with zero attached hydrogens (tertiary/aromatic N) is 10. The fraction of sp³-hybridized carbons (Fsp3) is 0. The molecule has 20 aromatic rings. The molecule has 4 heterocycles. The minimum absolute atomic E-state index is 0.623. The Morgan fingerprint density at radius 1 is 0.0917 bits per heavy atom. The van der Waals surface area contributed by atoms with Crippen molar-refractivity contribution in [3.05, 3.63) is 449 Å². The van der Waals surface area contributed by atoms with E-state index in [0.29, 0.717) is 46.6 Å². The van der Waals surface area contributed by atoms with Crippen molar-refractivity contribution in [2.24, 2.45) is 0 Å². The van der Waals surface area contributed by atoms with Crippen molar-refractivity contribution in [1.29, 1.82) is 0 Å². The quantitative estimate of drug-likeness (QED) is 0.0819.